The van der Waals surface area contributed by atoms with E-state index in [-0.39, 0.29) is 5.75 Å². The van der Waals surface area contributed by atoms with Crippen molar-refractivity contribution in [3.05, 3.63) is 41.5 Å². The van der Waals surface area contributed by atoms with E-state index in [0.29, 0.717) is 30.3 Å². The zero-order chi connectivity index (χ0) is 15.7. The number of aliphatic hydroxyl groups excluding tert-OH is 1. The van der Waals surface area contributed by atoms with E-state index in [9.17, 15) is 10.2 Å². The average molecular weight is 302 g/mol. The van der Waals surface area contributed by atoms with Crippen molar-refractivity contribution in [2.75, 3.05) is 13.7 Å². The molecule has 0 saturated carbocycles. The van der Waals surface area contributed by atoms with E-state index in [1.807, 2.05) is 25.1 Å². The Morgan fingerprint density at radius 1 is 1.27 bits per heavy atom. The van der Waals surface area contributed by atoms with Gasteiger partial charge in [0.15, 0.2) is 17.8 Å². The van der Waals surface area contributed by atoms with Gasteiger partial charge in [-0.1, -0.05) is 12.1 Å². The number of hydrogen-bond donors (Lipinski definition) is 2. The van der Waals surface area contributed by atoms with Gasteiger partial charge in [-0.2, -0.15) is 0 Å². The molecule has 1 heterocycles. The molecule has 0 radical (unpaired) electrons. The van der Waals surface area contributed by atoms with Crippen LogP contribution in [-0.2, 0) is 11.3 Å². The van der Waals surface area contributed by atoms with Crippen LogP contribution in [0.3, 0.4) is 0 Å². The van der Waals surface area contributed by atoms with Crippen molar-refractivity contribution >= 4 is 0 Å². The normalized spacial score (nSPS) is 16.4. The standard InChI is InChI=1S/C17H18O5/c1-3-21-14-7-6-12(15(18)16(14)20-2)10-4-5-13-11(8-10)9-22-17(13)19/h4-8,17-19H,3,9H2,1-2H3. The third-order valence-corrected chi connectivity index (χ3v) is 3.72. The van der Waals surface area contributed by atoms with Gasteiger partial charge in [-0.15, -0.1) is 0 Å². The smallest absolute Gasteiger partial charge is 0.203 e. The minimum atomic E-state index is -0.868. The van der Waals surface area contributed by atoms with Gasteiger partial charge in [0, 0.05) is 11.1 Å². The molecule has 0 saturated heterocycles. The van der Waals surface area contributed by atoms with Crippen LogP contribution in [-0.4, -0.2) is 23.9 Å². The van der Waals surface area contributed by atoms with E-state index in [4.69, 9.17) is 14.2 Å². The summed E-state index contributed by atoms with van der Waals surface area (Å²) in [4.78, 5) is 0. The summed E-state index contributed by atoms with van der Waals surface area (Å²) >= 11 is 0. The van der Waals surface area contributed by atoms with E-state index in [1.165, 1.54) is 7.11 Å². The van der Waals surface area contributed by atoms with E-state index < -0.39 is 6.29 Å². The fourth-order valence-electron chi connectivity index (χ4n) is 2.65. The first-order valence-corrected chi connectivity index (χ1v) is 7.11. The van der Waals surface area contributed by atoms with Crippen molar-refractivity contribution in [3.8, 4) is 28.4 Å². The fraction of sp³-hybridized carbons (Fsp3) is 0.294. The first-order valence-electron chi connectivity index (χ1n) is 7.11. The number of aliphatic hydroxyl groups is 1. The van der Waals surface area contributed by atoms with Crippen LogP contribution < -0.4 is 9.47 Å². The second-order valence-corrected chi connectivity index (χ2v) is 5.00. The molecule has 1 atom stereocenters. The highest BCUT2D eigenvalue weighted by molar-refractivity contribution is 5.76. The van der Waals surface area contributed by atoms with Crippen LogP contribution in [0.15, 0.2) is 30.3 Å². The zero-order valence-corrected chi connectivity index (χ0v) is 12.5. The molecule has 22 heavy (non-hydrogen) atoms. The molecule has 5 heteroatoms. The lowest BCUT2D eigenvalue weighted by molar-refractivity contribution is -0.0918. The van der Waals surface area contributed by atoms with Crippen LogP contribution >= 0.6 is 0 Å². The number of hydrogen-bond acceptors (Lipinski definition) is 5. The first kappa shape index (κ1) is 14.7. The van der Waals surface area contributed by atoms with E-state index in [2.05, 4.69) is 0 Å². The molecular weight excluding hydrogens is 284 g/mol. The maximum atomic E-state index is 10.5. The molecule has 0 aliphatic carbocycles. The Hall–Kier alpha value is -2.24. The molecule has 0 bridgehead atoms. The predicted molar refractivity (Wildman–Crippen MR) is 81.0 cm³/mol. The van der Waals surface area contributed by atoms with Crippen molar-refractivity contribution in [1.29, 1.82) is 0 Å². The molecule has 0 amide bonds. The van der Waals surface area contributed by atoms with Crippen LogP contribution in [0.4, 0.5) is 0 Å². The SMILES string of the molecule is CCOc1ccc(-c2ccc3c(c2)COC3O)c(O)c1OC. The third-order valence-electron chi connectivity index (χ3n) is 3.72. The van der Waals surface area contributed by atoms with Gasteiger partial charge in [-0.25, -0.2) is 0 Å². The van der Waals surface area contributed by atoms with Crippen LogP contribution in [0.25, 0.3) is 11.1 Å². The Balaban J connectivity index is 2.05. The molecule has 2 aromatic carbocycles. The minimum absolute atomic E-state index is 0.0351. The van der Waals surface area contributed by atoms with Crippen molar-refractivity contribution < 1.29 is 24.4 Å². The lowest BCUT2D eigenvalue weighted by Gasteiger charge is -2.14. The van der Waals surface area contributed by atoms with Crippen molar-refractivity contribution in [2.45, 2.75) is 19.8 Å². The molecule has 0 aromatic heterocycles. The Kier molecular flexibility index (Phi) is 3.92. The summed E-state index contributed by atoms with van der Waals surface area (Å²) in [6.07, 6.45) is -0.868. The Morgan fingerprint density at radius 2 is 2.09 bits per heavy atom. The summed E-state index contributed by atoms with van der Waals surface area (Å²) < 4.78 is 15.9. The van der Waals surface area contributed by atoms with Gasteiger partial charge in [0.2, 0.25) is 5.75 Å². The van der Waals surface area contributed by atoms with Gasteiger partial charge in [-0.3, -0.25) is 0 Å². The highest BCUT2D eigenvalue weighted by atomic mass is 16.6. The number of aromatic hydroxyl groups is 1. The molecule has 0 spiro atoms. The molecule has 2 aromatic rings. The zero-order valence-electron chi connectivity index (χ0n) is 12.5. The fourth-order valence-corrected chi connectivity index (χ4v) is 2.65. The van der Waals surface area contributed by atoms with E-state index in [1.54, 1.807) is 12.1 Å². The summed E-state index contributed by atoms with van der Waals surface area (Å²) in [5, 5.41) is 20.1. The van der Waals surface area contributed by atoms with Gasteiger partial charge in [0.25, 0.3) is 0 Å². The van der Waals surface area contributed by atoms with Gasteiger partial charge in [-0.05, 0) is 36.2 Å². The summed E-state index contributed by atoms with van der Waals surface area (Å²) in [6.45, 7) is 2.72. The topological polar surface area (TPSA) is 68.2 Å². The third kappa shape index (κ3) is 2.38. The molecule has 1 aliphatic rings. The minimum Gasteiger partial charge on any atom is -0.504 e. The largest absolute Gasteiger partial charge is 0.504 e. The van der Waals surface area contributed by atoms with E-state index in [0.717, 1.165) is 16.7 Å². The summed E-state index contributed by atoms with van der Waals surface area (Å²) in [7, 11) is 1.49. The number of rotatable bonds is 4. The number of phenolic OH excluding ortho intramolecular Hbond substituents is 1. The summed E-state index contributed by atoms with van der Waals surface area (Å²) in [5.74, 6) is 0.857. The van der Waals surface area contributed by atoms with Crippen molar-refractivity contribution in [3.63, 3.8) is 0 Å². The van der Waals surface area contributed by atoms with Gasteiger partial charge >= 0.3 is 0 Å². The number of methoxy groups -OCH3 is 1. The lowest BCUT2D eigenvalue weighted by Crippen LogP contribution is -1.96. The molecule has 2 N–H and O–H groups in total. The highest BCUT2D eigenvalue weighted by Crippen LogP contribution is 2.44. The van der Waals surface area contributed by atoms with Gasteiger partial charge in [0.05, 0.1) is 20.3 Å². The van der Waals surface area contributed by atoms with Crippen LogP contribution in [0.1, 0.15) is 24.3 Å². The Labute approximate surface area is 128 Å². The molecule has 1 unspecified atom stereocenters. The van der Waals surface area contributed by atoms with Crippen molar-refractivity contribution in [2.24, 2.45) is 0 Å². The van der Waals surface area contributed by atoms with Crippen LogP contribution in [0.2, 0.25) is 0 Å². The molecule has 0 fully saturated rings. The van der Waals surface area contributed by atoms with Crippen LogP contribution in [0, 0.1) is 0 Å². The quantitative estimate of drug-likeness (QED) is 0.908. The number of phenols is 1. The Bertz CT molecular complexity index is 696. The molecular formula is C17H18O5. The number of ether oxygens (including phenoxy) is 3. The molecule has 1 aliphatic heterocycles. The van der Waals surface area contributed by atoms with Crippen molar-refractivity contribution in [1.82, 2.24) is 0 Å². The first-order chi connectivity index (χ1) is 10.7. The highest BCUT2D eigenvalue weighted by Gasteiger charge is 2.22. The molecule has 116 valence electrons. The number of benzene rings is 2. The van der Waals surface area contributed by atoms with Crippen LogP contribution in [0.5, 0.6) is 17.2 Å². The summed E-state index contributed by atoms with van der Waals surface area (Å²) in [6, 6.07) is 9.11. The number of fused-ring (bicyclic) bond motifs is 1. The molecule has 5 nitrogen and oxygen atoms in total. The maximum Gasteiger partial charge on any atom is 0.203 e. The predicted octanol–water partition coefficient (Wildman–Crippen LogP) is 2.99. The summed E-state index contributed by atoms with van der Waals surface area (Å²) in [5.41, 5.74) is 3.15. The second kappa shape index (κ2) is 5.87. The van der Waals surface area contributed by atoms with E-state index >= 15 is 0 Å². The molecule has 3 rings (SSSR count). The second-order valence-electron chi connectivity index (χ2n) is 5.00. The van der Waals surface area contributed by atoms with Gasteiger partial charge in [0.1, 0.15) is 0 Å². The Morgan fingerprint density at radius 3 is 2.82 bits per heavy atom. The maximum absolute atomic E-state index is 10.5. The lowest BCUT2D eigenvalue weighted by atomic mass is 9.99. The van der Waals surface area contributed by atoms with Gasteiger partial charge < -0.3 is 24.4 Å². The average Bonchev–Trinajstić information content (AvgIpc) is 2.89. The monoisotopic (exact) mass is 302 g/mol.